The molecule has 2 nitrogen and oxygen atoms in total. The molecule has 15 heavy (non-hydrogen) atoms. The minimum atomic E-state index is 0.0560. The van der Waals surface area contributed by atoms with Crippen molar-refractivity contribution in [2.24, 2.45) is 5.73 Å². The van der Waals surface area contributed by atoms with E-state index in [0.29, 0.717) is 0 Å². The van der Waals surface area contributed by atoms with Crippen LogP contribution in [0.25, 0.3) is 0 Å². The number of hydrogen-bond acceptors (Lipinski definition) is 3. The lowest BCUT2D eigenvalue weighted by Crippen LogP contribution is -2.34. The number of benzene rings is 1. The van der Waals surface area contributed by atoms with Crippen LogP contribution in [0.4, 0.5) is 0 Å². The van der Waals surface area contributed by atoms with E-state index in [0.717, 1.165) is 6.42 Å². The van der Waals surface area contributed by atoms with Crippen LogP contribution in [0, 0.1) is 6.92 Å². The number of nitrogens with two attached hydrogens (primary N) is 1. The van der Waals surface area contributed by atoms with Crippen LogP contribution in [-0.2, 0) is 0 Å². The van der Waals surface area contributed by atoms with Gasteiger partial charge in [-0.05, 0) is 25.5 Å². The van der Waals surface area contributed by atoms with Crippen molar-refractivity contribution in [3.05, 3.63) is 29.8 Å². The van der Waals surface area contributed by atoms with Crippen LogP contribution in [0.1, 0.15) is 18.9 Å². The summed E-state index contributed by atoms with van der Waals surface area (Å²) < 4.78 is 0. The van der Waals surface area contributed by atoms with E-state index in [-0.39, 0.29) is 17.9 Å². The fourth-order valence-corrected chi connectivity index (χ4v) is 2.59. The molecule has 84 valence electrons. The Balaban J connectivity index is 2.66. The molecule has 2 atom stereocenters. The third kappa shape index (κ3) is 3.86. The fourth-order valence-electron chi connectivity index (χ4n) is 1.39. The molecule has 0 aliphatic heterocycles. The molecule has 0 heterocycles. The number of rotatable bonds is 5. The van der Waals surface area contributed by atoms with E-state index < -0.39 is 0 Å². The van der Waals surface area contributed by atoms with Crippen molar-refractivity contribution in [2.45, 2.75) is 36.5 Å². The Bertz CT molecular complexity index is 303. The molecule has 0 saturated heterocycles. The van der Waals surface area contributed by atoms with E-state index in [9.17, 15) is 5.11 Å². The summed E-state index contributed by atoms with van der Waals surface area (Å²) in [6, 6.07) is 8.33. The third-order valence-corrected chi connectivity index (χ3v) is 3.73. The van der Waals surface area contributed by atoms with Crippen LogP contribution >= 0.6 is 11.8 Å². The van der Waals surface area contributed by atoms with Gasteiger partial charge >= 0.3 is 0 Å². The molecule has 1 rings (SSSR count). The lowest BCUT2D eigenvalue weighted by molar-refractivity contribution is 0.281. The summed E-state index contributed by atoms with van der Waals surface area (Å²) in [6.45, 7) is 4.25. The first kappa shape index (κ1) is 12.6. The number of aryl methyl sites for hydroxylation is 1. The van der Waals surface area contributed by atoms with E-state index in [1.54, 1.807) is 11.8 Å². The normalized spacial score (nSPS) is 14.9. The summed E-state index contributed by atoms with van der Waals surface area (Å²) in [4.78, 5) is 1.18. The topological polar surface area (TPSA) is 46.2 Å². The molecule has 0 fully saturated rings. The maximum Gasteiger partial charge on any atom is 0.0568 e. The summed E-state index contributed by atoms with van der Waals surface area (Å²) in [7, 11) is 0. The Hall–Kier alpha value is -0.510. The largest absolute Gasteiger partial charge is 0.395 e. The van der Waals surface area contributed by atoms with Crippen molar-refractivity contribution >= 4 is 11.8 Å². The molecule has 1 aromatic carbocycles. The van der Waals surface area contributed by atoms with Gasteiger partial charge in [-0.1, -0.05) is 24.6 Å². The molecule has 1 aromatic rings. The Morgan fingerprint density at radius 3 is 2.73 bits per heavy atom. The lowest BCUT2D eigenvalue weighted by Gasteiger charge is -2.20. The molecule has 3 N–H and O–H groups in total. The molecule has 0 aromatic heterocycles. The highest BCUT2D eigenvalue weighted by atomic mass is 32.2. The van der Waals surface area contributed by atoms with Gasteiger partial charge in [0.1, 0.15) is 0 Å². The summed E-state index contributed by atoms with van der Waals surface area (Å²) in [5.74, 6) is 0. The molecular weight excluding hydrogens is 206 g/mol. The van der Waals surface area contributed by atoms with Gasteiger partial charge in [0.2, 0.25) is 0 Å². The average Bonchev–Trinajstić information content (AvgIpc) is 2.25. The van der Waals surface area contributed by atoms with Gasteiger partial charge < -0.3 is 10.8 Å². The number of aliphatic hydroxyl groups excluding tert-OH is 1. The van der Waals surface area contributed by atoms with Crippen molar-refractivity contribution in [1.82, 2.24) is 0 Å². The van der Waals surface area contributed by atoms with Crippen molar-refractivity contribution in [3.63, 3.8) is 0 Å². The quantitative estimate of drug-likeness (QED) is 0.755. The summed E-state index contributed by atoms with van der Waals surface area (Å²) >= 11 is 1.66. The monoisotopic (exact) mass is 225 g/mol. The highest BCUT2D eigenvalue weighted by molar-refractivity contribution is 8.00. The fraction of sp³-hybridized carbons (Fsp3) is 0.500. The molecule has 0 bridgehead atoms. The zero-order valence-corrected chi connectivity index (χ0v) is 10.1. The summed E-state index contributed by atoms with van der Waals surface area (Å²) in [5, 5.41) is 9.35. The predicted molar refractivity (Wildman–Crippen MR) is 66.2 cm³/mol. The molecule has 2 unspecified atom stereocenters. The van der Waals surface area contributed by atoms with Crippen molar-refractivity contribution in [2.75, 3.05) is 6.61 Å². The summed E-state index contributed by atoms with van der Waals surface area (Å²) in [5.41, 5.74) is 7.17. The molecule has 0 spiro atoms. The maximum atomic E-state index is 9.26. The second kappa shape index (κ2) is 6.16. The molecule has 0 aliphatic carbocycles. The highest BCUT2D eigenvalue weighted by Crippen LogP contribution is 2.26. The first-order valence-electron chi connectivity index (χ1n) is 5.27. The molecular formula is C12H19NOS. The van der Waals surface area contributed by atoms with E-state index in [2.05, 4.69) is 25.1 Å². The van der Waals surface area contributed by atoms with Crippen LogP contribution in [-0.4, -0.2) is 23.0 Å². The van der Waals surface area contributed by atoms with Gasteiger partial charge in [-0.2, -0.15) is 0 Å². The SMILES string of the molecule is CCC(N)C(CO)Sc1cccc(C)c1. The molecule has 0 amide bonds. The van der Waals surface area contributed by atoms with Gasteiger partial charge in [0.15, 0.2) is 0 Å². The number of hydrogen-bond donors (Lipinski definition) is 2. The van der Waals surface area contributed by atoms with Crippen LogP contribution in [0.15, 0.2) is 29.2 Å². The first-order chi connectivity index (χ1) is 7.17. The Morgan fingerprint density at radius 2 is 2.20 bits per heavy atom. The van der Waals surface area contributed by atoms with Gasteiger partial charge in [0.25, 0.3) is 0 Å². The van der Waals surface area contributed by atoms with Crippen LogP contribution in [0.2, 0.25) is 0 Å². The Kier molecular flexibility index (Phi) is 5.15. The number of aliphatic hydroxyl groups is 1. The van der Waals surface area contributed by atoms with E-state index in [4.69, 9.17) is 5.73 Å². The van der Waals surface area contributed by atoms with E-state index in [1.807, 2.05) is 13.0 Å². The van der Waals surface area contributed by atoms with Crippen molar-refractivity contribution in [3.8, 4) is 0 Å². The Morgan fingerprint density at radius 1 is 1.47 bits per heavy atom. The van der Waals surface area contributed by atoms with Gasteiger partial charge in [0, 0.05) is 16.2 Å². The molecule has 3 heteroatoms. The van der Waals surface area contributed by atoms with Crippen LogP contribution < -0.4 is 5.73 Å². The number of thioether (sulfide) groups is 1. The molecule has 0 saturated carbocycles. The molecule has 0 aliphatic rings. The van der Waals surface area contributed by atoms with Gasteiger partial charge in [0.05, 0.1) is 6.61 Å². The molecule has 0 radical (unpaired) electrons. The van der Waals surface area contributed by atoms with E-state index in [1.165, 1.54) is 10.5 Å². The van der Waals surface area contributed by atoms with Gasteiger partial charge in [-0.3, -0.25) is 0 Å². The van der Waals surface area contributed by atoms with Crippen LogP contribution in [0.5, 0.6) is 0 Å². The van der Waals surface area contributed by atoms with Crippen molar-refractivity contribution < 1.29 is 5.11 Å². The highest BCUT2D eigenvalue weighted by Gasteiger charge is 2.16. The Labute approximate surface area is 95.9 Å². The zero-order chi connectivity index (χ0) is 11.3. The summed E-state index contributed by atoms with van der Waals surface area (Å²) in [6.07, 6.45) is 0.893. The van der Waals surface area contributed by atoms with Crippen LogP contribution in [0.3, 0.4) is 0 Å². The standard InChI is InChI=1S/C12H19NOS/c1-3-11(13)12(8-14)15-10-6-4-5-9(2)7-10/h4-7,11-12,14H,3,8,13H2,1-2H3. The zero-order valence-electron chi connectivity index (χ0n) is 9.31. The smallest absolute Gasteiger partial charge is 0.0568 e. The van der Waals surface area contributed by atoms with Gasteiger partial charge in [-0.15, -0.1) is 11.8 Å². The maximum absolute atomic E-state index is 9.26. The third-order valence-electron chi connectivity index (χ3n) is 2.41. The second-order valence-corrected chi connectivity index (χ2v) is 5.04. The van der Waals surface area contributed by atoms with Crippen molar-refractivity contribution in [1.29, 1.82) is 0 Å². The second-order valence-electron chi connectivity index (χ2n) is 3.73. The average molecular weight is 225 g/mol. The lowest BCUT2D eigenvalue weighted by atomic mass is 10.2. The predicted octanol–water partition coefficient (Wildman–Crippen LogP) is 2.19. The minimum Gasteiger partial charge on any atom is -0.395 e. The van der Waals surface area contributed by atoms with E-state index >= 15 is 0 Å². The first-order valence-corrected chi connectivity index (χ1v) is 6.15. The van der Waals surface area contributed by atoms with Gasteiger partial charge in [-0.25, -0.2) is 0 Å². The minimum absolute atomic E-state index is 0.0560.